The van der Waals surface area contributed by atoms with E-state index in [1.807, 2.05) is 26.0 Å². The number of ether oxygens (including phenoxy) is 2. The van der Waals surface area contributed by atoms with Crippen molar-refractivity contribution in [3.8, 4) is 5.75 Å². The molecule has 1 atom stereocenters. The Balaban J connectivity index is 2.75. The van der Waals surface area contributed by atoms with Crippen molar-refractivity contribution in [2.45, 2.75) is 39.7 Å². The number of methoxy groups -OCH3 is 1. The minimum Gasteiger partial charge on any atom is -0.497 e. The zero-order valence-corrected chi connectivity index (χ0v) is 13.9. The molecule has 0 saturated carbocycles. The maximum atomic E-state index is 11.6. The first kappa shape index (κ1) is 17.8. The molecule has 0 amide bonds. The van der Waals surface area contributed by atoms with E-state index in [0.717, 1.165) is 5.56 Å². The summed E-state index contributed by atoms with van der Waals surface area (Å²) in [6, 6.07) is 5.20. The maximum Gasteiger partial charge on any atom is 0.306 e. The van der Waals surface area contributed by atoms with Crippen LogP contribution in [0.4, 0.5) is 0 Å². The second-order valence-electron chi connectivity index (χ2n) is 5.84. The van der Waals surface area contributed by atoms with Crippen molar-refractivity contribution in [3.63, 3.8) is 0 Å². The predicted molar refractivity (Wildman–Crippen MR) is 84.6 cm³/mol. The summed E-state index contributed by atoms with van der Waals surface area (Å²) >= 11 is 6.24. The summed E-state index contributed by atoms with van der Waals surface area (Å²) < 4.78 is 10.1. The number of nitrogens with two attached hydrogens (primary N) is 1. The van der Waals surface area contributed by atoms with Gasteiger partial charge in [-0.25, -0.2) is 0 Å². The van der Waals surface area contributed by atoms with Gasteiger partial charge in [0, 0.05) is 11.1 Å². The minimum atomic E-state index is -0.255. The van der Waals surface area contributed by atoms with Crippen LogP contribution in [0.15, 0.2) is 18.2 Å². The number of hydrogen-bond donors (Lipinski definition) is 1. The van der Waals surface area contributed by atoms with Gasteiger partial charge in [-0.15, -0.1) is 0 Å². The fraction of sp³-hybridized carbons (Fsp3) is 0.562. The molecule has 0 bridgehead atoms. The lowest BCUT2D eigenvalue weighted by Crippen LogP contribution is -2.25. The average molecular weight is 314 g/mol. The first-order valence-electron chi connectivity index (χ1n) is 7.03. The Morgan fingerprint density at radius 1 is 1.43 bits per heavy atom. The Morgan fingerprint density at radius 2 is 2.10 bits per heavy atom. The molecule has 1 rings (SSSR count). The van der Waals surface area contributed by atoms with Crippen molar-refractivity contribution < 1.29 is 14.3 Å². The van der Waals surface area contributed by atoms with E-state index in [4.69, 9.17) is 26.8 Å². The molecular formula is C16H24ClNO3. The molecule has 0 aliphatic carbocycles. The van der Waals surface area contributed by atoms with Gasteiger partial charge in [-0.1, -0.05) is 31.5 Å². The van der Waals surface area contributed by atoms with Gasteiger partial charge < -0.3 is 15.2 Å². The molecule has 0 spiro atoms. The fourth-order valence-corrected chi connectivity index (χ4v) is 2.63. The third-order valence-electron chi connectivity index (χ3n) is 3.31. The Morgan fingerprint density at radius 3 is 2.62 bits per heavy atom. The lowest BCUT2D eigenvalue weighted by atomic mass is 9.81. The number of rotatable bonds is 7. The molecule has 0 aliphatic heterocycles. The third kappa shape index (κ3) is 5.56. The fourth-order valence-electron chi connectivity index (χ4n) is 2.32. The number of halogens is 1. The summed E-state index contributed by atoms with van der Waals surface area (Å²) in [5.74, 6) is 0.497. The zero-order chi connectivity index (χ0) is 16.0. The molecule has 1 aromatic rings. The molecule has 2 N–H and O–H groups in total. The van der Waals surface area contributed by atoms with E-state index in [0.29, 0.717) is 30.2 Å². The van der Waals surface area contributed by atoms with E-state index in [2.05, 4.69) is 0 Å². The monoisotopic (exact) mass is 313 g/mol. The summed E-state index contributed by atoms with van der Waals surface area (Å²) in [4.78, 5) is 11.6. The van der Waals surface area contributed by atoms with Crippen LogP contribution in [0.25, 0.3) is 0 Å². The number of carbonyl (C=O) groups is 1. The molecule has 0 aromatic heterocycles. The highest BCUT2D eigenvalue weighted by atomic mass is 35.5. The number of hydrogen-bond acceptors (Lipinski definition) is 4. The van der Waals surface area contributed by atoms with Crippen LogP contribution in [0.5, 0.6) is 5.75 Å². The van der Waals surface area contributed by atoms with E-state index in [-0.39, 0.29) is 17.4 Å². The Labute approximate surface area is 131 Å². The molecular weight excluding hydrogens is 290 g/mol. The quantitative estimate of drug-likeness (QED) is 0.779. The number of carbonyl (C=O) groups excluding carboxylic acids is 1. The highest BCUT2D eigenvalue weighted by molar-refractivity contribution is 6.31. The molecule has 0 heterocycles. The summed E-state index contributed by atoms with van der Waals surface area (Å²) in [5.41, 5.74) is 6.85. The van der Waals surface area contributed by atoms with Crippen LogP contribution in [0.1, 0.15) is 45.2 Å². The number of benzene rings is 1. The zero-order valence-electron chi connectivity index (χ0n) is 13.1. The topological polar surface area (TPSA) is 61.5 Å². The van der Waals surface area contributed by atoms with E-state index in [1.54, 1.807) is 20.1 Å². The van der Waals surface area contributed by atoms with E-state index < -0.39 is 0 Å². The smallest absolute Gasteiger partial charge is 0.306 e. The molecule has 0 saturated heterocycles. The standard InChI is InChI=1S/C16H24ClNO3/c1-5-21-15(19)10-16(2,3)9-14(18)12-7-6-11(20-4)8-13(12)17/h6-8,14H,5,9-10,18H2,1-4H3. The Kier molecular flexibility index (Phi) is 6.49. The van der Waals surface area contributed by atoms with Gasteiger partial charge in [0.25, 0.3) is 0 Å². The van der Waals surface area contributed by atoms with Crippen molar-refractivity contribution in [1.82, 2.24) is 0 Å². The van der Waals surface area contributed by atoms with Crippen molar-refractivity contribution in [2.24, 2.45) is 11.1 Å². The second kappa shape index (κ2) is 7.66. The first-order chi connectivity index (χ1) is 9.79. The van der Waals surface area contributed by atoms with Gasteiger partial charge >= 0.3 is 5.97 Å². The molecule has 1 unspecified atom stereocenters. The molecule has 1 aromatic carbocycles. The average Bonchev–Trinajstić information content (AvgIpc) is 2.37. The van der Waals surface area contributed by atoms with Crippen LogP contribution in [0.2, 0.25) is 5.02 Å². The van der Waals surface area contributed by atoms with Crippen molar-refractivity contribution in [1.29, 1.82) is 0 Å². The highest BCUT2D eigenvalue weighted by Gasteiger charge is 2.27. The van der Waals surface area contributed by atoms with Gasteiger partial charge in [0.05, 0.1) is 20.1 Å². The van der Waals surface area contributed by atoms with Gasteiger partial charge in [0.15, 0.2) is 0 Å². The highest BCUT2D eigenvalue weighted by Crippen LogP contribution is 2.35. The summed E-state index contributed by atoms with van der Waals surface area (Å²) in [6.45, 7) is 6.20. The van der Waals surface area contributed by atoms with Gasteiger partial charge in [-0.2, -0.15) is 0 Å². The number of esters is 1. The largest absolute Gasteiger partial charge is 0.497 e. The predicted octanol–water partition coefficient (Wildman–Crippen LogP) is 3.72. The Hall–Kier alpha value is -1.26. The Bertz CT molecular complexity index is 488. The lowest BCUT2D eigenvalue weighted by molar-refractivity contribution is -0.145. The third-order valence-corrected chi connectivity index (χ3v) is 3.64. The SMILES string of the molecule is CCOC(=O)CC(C)(C)CC(N)c1ccc(OC)cc1Cl. The summed E-state index contributed by atoms with van der Waals surface area (Å²) in [7, 11) is 1.59. The summed E-state index contributed by atoms with van der Waals surface area (Å²) in [6.07, 6.45) is 0.972. The molecule has 0 fully saturated rings. The molecule has 118 valence electrons. The van der Waals surface area contributed by atoms with Gasteiger partial charge in [0.2, 0.25) is 0 Å². The van der Waals surface area contributed by atoms with E-state index >= 15 is 0 Å². The van der Waals surface area contributed by atoms with Crippen LogP contribution in [-0.2, 0) is 9.53 Å². The van der Waals surface area contributed by atoms with Crippen molar-refractivity contribution >= 4 is 17.6 Å². The minimum absolute atomic E-state index is 0.199. The molecule has 5 heteroatoms. The first-order valence-corrected chi connectivity index (χ1v) is 7.41. The van der Waals surface area contributed by atoms with Crippen LogP contribution in [0, 0.1) is 5.41 Å². The summed E-state index contributed by atoms with van der Waals surface area (Å²) in [5, 5.41) is 0.578. The van der Waals surface area contributed by atoms with Crippen LogP contribution < -0.4 is 10.5 Å². The van der Waals surface area contributed by atoms with E-state index in [9.17, 15) is 4.79 Å². The van der Waals surface area contributed by atoms with Crippen LogP contribution in [0.3, 0.4) is 0 Å². The molecule has 4 nitrogen and oxygen atoms in total. The lowest BCUT2D eigenvalue weighted by Gasteiger charge is -2.27. The molecule has 0 radical (unpaired) electrons. The van der Waals surface area contributed by atoms with Gasteiger partial charge in [-0.05, 0) is 36.5 Å². The maximum absolute atomic E-state index is 11.6. The van der Waals surface area contributed by atoms with Crippen LogP contribution >= 0.6 is 11.6 Å². The van der Waals surface area contributed by atoms with Crippen molar-refractivity contribution in [3.05, 3.63) is 28.8 Å². The van der Waals surface area contributed by atoms with Crippen LogP contribution in [-0.4, -0.2) is 19.7 Å². The normalized spacial score (nSPS) is 12.9. The van der Waals surface area contributed by atoms with Gasteiger partial charge in [0.1, 0.15) is 5.75 Å². The van der Waals surface area contributed by atoms with E-state index in [1.165, 1.54) is 0 Å². The second-order valence-corrected chi connectivity index (χ2v) is 6.25. The molecule has 21 heavy (non-hydrogen) atoms. The molecule has 0 aliphatic rings. The van der Waals surface area contributed by atoms with Crippen molar-refractivity contribution in [2.75, 3.05) is 13.7 Å². The van der Waals surface area contributed by atoms with Gasteiger partial charge in [-0.3, -0.25) is 4.79 Å².